The number of aromatic nitrogens is 2. The molecular formula is C14H17N3O2. The second kappa shape index (κ2) is 6.15. The van der Waals surface area contributed by atoms with E-state index in [9.17, 15) is 10.4 Å². The fourth-order valence-electron chi connectivity index (χ4n) is 1.89. The first kappa shape index (κ1) is 13.3. The molecule has 5 nitrogen and oxygen atoms in total. The summed E-state index contributed by atoms with van der Waals surface area (Å²) in [6.07, 6.45) is 6.02. The third-order valence-corrected chi connectivity index (χ3v) is 3.00. The molecule has 2 rings (SSSR count). The molecule has 0 aliphatic carbocycles. The number of hydrogen-bond donors (Lipinski definition) is 0. The molecular weight excluding hydrogens is 242 g/mol. The molecule has 5 heteroatoms. The highest BCUT2D eigenvalue weighted by Gasteiger charge is 2.06. The summed E-state index contributed by atoms with van der Waals surface area (Å²) in [5, 5.41) is 21.9. The molecule has 0 aliphatic heterocycles. The van der Waals surface area contributed by atoms with Gasteiger partial charge in [0.05, 0.1) is 0 Å². The molecule has 0 amide bonds. The van der Waals surface area contributed by atoms with Crippen molar-refractivity contribution in [1.29, 1.82) is 0 Å². The van der Waals surface area contributed by atoms with Crippen molar-refractivity contribution in [2.45, 2.75) is 20.0 Å². The van der Waals surface area contributed by atoms with Crippen molar-refractivity contribution in [3.63, 3.8) is 0 Å². The Kier molecular flexibility index (Phi) is 4.30. The first-order valence-electron chi connectivity index (χ1n) is 6.25. The zero-order valence-corrected chi connectivity index (χ0v) is 10.9. The first-order valence-corrected chi connectivity index (χ1v) is 6.25. The van der Waals surface area contributed by atoms with Crippen LogP contribution in [0.1, 0.15) is 18.1 Å². The summed E-state index contributed by atoms with van der Waals surface area (Å²) >= 11 is 0. The van der Waals surface area contributed by atoms with E-state index in [0.717, 1.165) is 40.2 Å². The van der Waals surface area contributed by atoms with Crippen molar-refractivity contribution >= 4 is 0 Å². The largest absolute Gasteiger partial charge is 0.619 e. The van der Waals surface area contributed by atoms with Crippen molar-refractivity contribution in [2.24, 2.45) is 0 Å². The molecule has 2 aromatic rings. The lowest BCUT2D eigenvalue weighted by molar-refractivity contribution is -0.605. The van der Waals surface area contributed by atoms with E-state index in [2.05, 4.69) is 11.8 Å². The third kappa shape index (κ3) is 3.93. The van der Waals surface area contributed by atoms with E-state index in [-0.39, 0.29) is 0 Å². The van der Waals surface area contributed by atoms with Crippen molar-refractivity contribution < 1.29 is 9.46 Å². The van der Waals surface area contributed by atoms with Crippen LogP contribution in [0.4, 0.5) is 0 Å². The van der Waals surface area contributed by atoms with Crippen LogP contribution >= 0.6 is 0 Å². The maximum atomic E-state index is 11.0. The standard InChI is InChI=1S/C14H17N3O2/c1-2-15(11-13-3-7-16(18)8-4-13)12-14-5-9-17(19)10-6-14/h3-10H,2,11-12H2,1H3. The van der Waals surface area contributed by atoms with Crippen LogP contribution in [0.3, 0.4) is 0 Å². The molecule has 0 spiro atoms. The van der Waals surface area contributed by atoms with Crippen LogP contribution < -0.4 is 9.46 Å². The molecule has 0 unspecified atom stereocenters. The van der Waals surface area contributed by atoms with Gasteiger partial charge in [-0.15, -0.1) is 0 Å². The second-order valence-electron chi connectivity index (χ2n) is 4.44. The Hall–Kier alpha value is -2.14. The highest BCUT2D eigenvalue weighted by Crippen LogP contribution is 2.07. The van der Waals surface area contributed by atoms with Crippen molar-refractivity contribution in [2.75, 3.05) is 6.54 Å². The lowest BCUT2D eigenvalue weighted by atomic mass is 10.2. The minimum atomic E-state index is 0.781. The number of hydrogen-bond acceptors (Lipinski definition) is 3. The molecule has 100 valence electrons. The van der Waals surface area contributed by atoms with Crippen molar-refractivity contribution in [3.05, 3.63) is 70.6 Å². The maximum absolute atomic E-state index is 11.0. The lowest BCUT2D eigenvalue weighted by Crippen LogP contribution is -2.27. The SMILES string of the molecule is CCN(Cc1cc[n+]([O-])cc1)Cc1cc[n+]([O-])cc1. The Morgan fingerprint density at radius 3 is 1.53 bits per heavy atom. The highest BCUT2D eigenvalue weighted by molar-refractivity contribution is 5.10. The van der Waals surface area contributed by atoms with Gasteiger partial charge in [0.25, 0.3) is 0 Å². The number of pyridine rings is 2. The molecule has 0 fully saturated rings. The van der Waals surface area contributed by atoms with Gasteiger partial charge in [0.1, 0.15) is 0 Å². The van der Waals surface area contributed by atoms with Crippen molar-refractivity contribution in [1.82, 2.24) is 4.90 Å². The lowest BCUT2D eigenvalue weighted by Gasteiger charge is -2.20. The molecule has 0 N–H and O–H groups in total. The molecule has 0 aliphatic rings. The van der Waals surface area contributed by atoms with E-state index in [1.165, 1.54) is 24.8 Å². The van der Waals surface area contributed by atoms with Gasteiger partial charge in [0.2, 0.25) is 0 Å². The first-order chi connectivity index (χ1) is 9.17. The normalized spacial score (nSPS) is 10.8. The van der Waals surface area contributed by atoms with Crippen LogP contribution in [-0.4, -0.2) is 11.4 Å². The summed E-state index contributed by atoms with van der Waals surface area (Å²) in [7, 11) is 0. The summed E-state index contributed by atoms with van der Waals surface area (Å²) in [4.78, 5) is 2.24. The summed E-state index contributed by atoms with van der Waals surface area (Å²) in [6, 6.07) is 7.30. The summed E-state index contributed by atoms with van der Waals surface area (Å²) in [5.41, 5.74) is 2.20. The van der Waals surface area contributed by atoms with Gasteiger partial charge in [-0.2, -0.15) is 9.46 Å². The Balaban J connectivity index is 2.00. The van der Waals surface area contributed by atoms with E-state index in [4.69, 9.17) is 0 Å². The zero-order chi connectivity index (χ0) is 13.7. The van der Waals surface area contributed by atoms with E-state index in [1.807, 2.05) is 24.3 Å². The van der Waals surface area contributed by atoms with Gasteiger partial charge < -0.3 is 10.4 Å². The van der Waals surface area contributed by atoms with Crippen LogP contribution in [0.15, 0.2) is 49.1 Å². The second-order valence-corrected chi connectivity index (χ2v) is 4.44. The molecule has 0 bridgehead atoms. The van der Waals surface area contributed by atoms with Crippen molar-refractivity contribution in [3.8, 4) is 0 Å². The van der Waals surface area contributed by atoms with Gasteiger partial charge in [-0.3, -0.25) is 4.90 Å². The van der Waals surface area contributed by atoms with Crippen LogP contribution in [-0.2, 0) is 13.1 Å². The average molecular weight is 259 g/mol. The predicted molar refractivity (Wildman–Crippen MR) is 70.6 cm³/mol. The topological polar surface area (TPSA) is 57.1 Å². The van der Waals surface area contributed by atoms with Crippen LogP contribution in [0.25, 0.3) is 0 Å². The summed E-state index contributed by atoms with van der Waals surface area (Å²) in [5.74, 6) is 0. The monoisotopic (exact) mass is 259 g/mol. The fraction of sp³-hybridized carbons (Fsp3) is 0.286. The van der Waals surface area contributed by atoms with Gasteiger partial charge in [0, 0.05) is 37.4 Å². The highest BCUT2D eigenvalue weighted by atomic mass is 16.5. The fourth-order valence-corrected chi connectivity index (χ4v) is 1.89. The molecule has 0 saturated carbocycles. The van der Waals surface area contributed by atoms with Gasteiger partial charge >= 0.3 is 0 Å². The average Bonchev–Trinajstić information content (AvgIpc) is 2.43. The Morgan fingerprint density at radius 1 is 0.842 bits per heavy atom. The molecule has 2 heterocycles. The van der Waals surface area contributed by atoms with E-state index in [1.54, 1.807) is 0 Å². The van der Waals surface area contributed by atoms with Gasteiger partial charge in [-0.25, -0.2) is 0 Å². The zero-order valence-electron chi connectivity index (χ0n) is 10.9. The Morgan fingerprint density at radius 2 is 1.21 bits per heavy atom. The summed E-state index contributed by atoms with van der Waals surface area (Å²) in [6.45, 7) is 4.55. The molecule has 19 heavy (non-hydrogen) atoms. The van der Waals surface area contributed by atoms with Gasteiger partial charge in [-0.1, -0.05) is 6.92 Å². The number of rotatable bonds is 5. The minimum Gasteiger partial charge on any atom is -0.619 e. The predicted octanol–water partition coefficient (Wildman–Crippen LogP) is 0.976. The van der Waals surface area contributed by atoms with Crippen LogP contribution in [0.5, 0.6) is 0 Å². The minimum absolute atomic E-state index is 0.781. The third-order valence-electron chi connectivity index (χ3n) is 3.00. The maximum Gasteiger partial charge on any atom is 0.180 e. The van der Waals surface area contributed by atoms with E-state index >= 15 is 0 Å². The van der Waals surface area contributed by atoms with Gasteiger partial charge in [-0.05, 0) is 17.7 Å². The molecule has 0 radical (unpaired) electrons. The van der Waals surface area contributed by atoms with E-state index < -0.39 is 0 Å². The molecule has 0 atom stereocenters. The molecule has 2 aromatic heterocycles. The number of nitrogens with zero attached hydrogens (tertiary/aromatic N) is 3. The Labute approximate surface area is 112 Å². The van der Waals surface area contributed by atoms with E-state index in [0.29, 0.717) is 0 Å². The van der Waals surface area contributed by atoms with Crippen LogP contribution in [0.2, 0.25) is 0 Å². The molecule has 0 aromatic carbocycles. The Bertz CT molecular complexity index is 464. The smallest absolute Gasteiger partial charge is 0.180 e. The van der Waals surface area contributed by atoms with Gasteiger partial charge in [0.15, 0.2) is 24.8 Å². The quantitative estimate of drug-likeness (QED) is 0.594. The van der Waals surface area contributed by atoms with Crippen LogP contribution in [0, 0.1) is 10.4 Å². The summed E-state index contributed by atoms with van der Waals surface area (Å²) < 4.78 is 1.56. The molecule has 0 saturated heterocycles.